The fourth-order valence-corrected chi connectivity index (χ4v) is 2.39. The van der Waals surface area contributed by atoms with E-state index in [0.29, 0.717) is 0 Å². The lowest BCUT2D eigenvalue weighted by Crippen LogP contribution is -2.29. The second-order valence-electron chi connectivity index (χ2n) is 6.59. The molecule has 156 valence electrons. The van der Waals surface area contributed by atoms with Crippen molar-refractivity contribution in [2.45, 2.75) is 83.7 Å². The minimum absolute atomic E-state index is 0.127. The van der Waals surface area contributed by atoms with Gasteiger partial charge in [0, 0.05) is 5.57 Å². The van der Waals surface area contributed by atoms with E-state index < -0.39 is 37.0 Å². The Labute approximate surface area is 161 Å². The zero-order chi connectivity index (χ0) is 20.5. The van der Waals surface area contributed by atoms with E-state index in [0.717, 1.165) is 19.3 Å². The molecule has 2 N–H and O–H groups in total. The van der Waals surface area contributed by atoms with Crippen molar-refractivity contribution in [2.75, 3.05) is 13.2 Å². The molecule has 0 aromatic carbocycles. The molecule has 0 aliphatic carbocycles. The molecular formula is C20H34O7. The van der Waals surface area contributed by atoms with Gasteiger partial charge in [0.05, 0.1) is 19.6 Å². The van der Waals surface area contributed by atoms with E-state index in [9.17, 15) is 14.4 Å². The molecule has 0 bridgehead atoms. The zero-order valence-corrected chi connectivity index (χ0v) is 16.4. The third-order valence-electron chi connectivity index (χ3n) is 4.04. The molecule has 0 saturated carbocycles. The molecule has 0 radical (unpaired) electrons. The highest BCUT2D eigenvalue weighted by molar-refractivity contribution is 5.96. The smallest absolute Gasteiger partial charge is 0.345 e. The lowest BCUT2D eigenvalue weighted by molar-refractivity contribution is -0.167. The van der Waals surface area contributed by atoms with Crippen LogP contribution >= 0.6 is 0 Å². The van der Waals surface area contributed by atoms with Crippen molar-refractivity contribution in [1.82, 2.24) is 0 Å². The molecule has 0 aliphatic heterocycles. The average Bonchev–Trinajstić information content (AvgIpc) is 2.64. The standard InChI is InChI=1S/C20H34O7/c1-3-4-5-6-7-8-9-10-11-12-13-26-19(24)16(2)14-18(23)27-20(25)17(22)15-21/h17,21-22H,2-15H2,1H3. The van der Waals surface area contributed by atoms with Gasteiger partial charge < -0.3 is 19.7 Å². The van der Waals surface area contributed by atoms with Gasteiger partial charge >= 0.3 is 17.9 Å². The SMILES string of the molecule is C=C(CC(=O)OC(=O)C(O)CO)C(=O)OCCCCCCCCCCCC. The summed E-state index contributed by atoms with van der Waals surface area (Å²) in [4.78, 5) is 34.3. The van der Waals surface area contributed by atoms with Gasteiger partial charge in [0.2, 0.25) is 0 Å². The number of hydrogen-bond acceptors (Lipinski definition) is 7. The first-order chi connectivity index (χ1) is 12.9. The summed E-state index contributed by atoms with van der Waals surface area (Å²) in [5.74, 6) is -3.01. The summed E-state index contributed by atoms with van der Waals surface area (Å²) in [7, 11) is 0. The van der Waals surface area contributed by atoms with E-state index in [1.165, 1.54) is 44.9 Å². The van der Waals surface area contributed by atoms with Crippen LogP contribution in [0.2, 0.25) is 0 Å². The molecule has 7 heteroatoms. The van der Waals surface area contributed by atoms with Crippen molar-refractivity contribution in [1.29, 1.82) is 0 Å². The minimum Gasteiger partial charge on any atom is -0.462 e. The third-order valence-corrected chi connectivity index (χ3v) is 4.04. The van der Waals surface area contributed by atoms with Gasteiger partial charge in [-0.25, -0.2) is 9.59 Å². The Morgan fingerprint density at radius 1 is 0.926 bits per heavy atom. The molecule has 1 unspecified atom stereocenters. The highest BCUT2D eigenvalue weighted by atomic mass is 16.6. The summed E-state index contributed by atoms with van der Waals surface area (Å²) in [5, 5.41) is 17.6. The monoisotopic (exact) mass is 386 g/mol. The Hall–Kier alpha value is -1.73. The van der Waals surface area contributed by atoms with E-state index in [4.69, 9.17) is 14.9 Å². The van der Waals surface area contributed by atoms with E-state index in [2.05, 4.69) is 18.2 Å². The van der Waals surface area contributed by atoms with Gasteiger partial charge in [-0.15, -0.1) is 0 Å². The molecule has 0 amide bonds. The molecule has 7 nitrogen and oxygen atoms in total. The van der Waals surface area contributed by atoms with Gasteiger partial charge in [0.15, 0.2) is 6.10 Å². The van der Waals surface area contributed by atoms with Crippen LogP contribution in [0.15, 0.2) is 12.2 Å². The van der Waals surface area contributed by atoms with E-state index in [1.54, 1.807) is 0 Å². The second-order valence-corrected chi connectivity index (χ2v) is 6.59. The highest BCUT2D eigenvalue weighted by Gasteiger charge is 2.21. The summed E-state index contributed by atoms with van der Waals surface area (Å²) >= 11 is 0. The predicted octanol–water partition coefficient (Wildman–Crippen LogP) is 2.82. The fraction of sp³-hybridized carbons (Fsp3) is 0.750. The Balaban J connectivity index is 3.68. The van der Waals surface area contributed by atoms with Gasteiger partial charge in [-0.1, -0.05) is 71.3 Å². The number of rotatable bonds is 16. The summed E-state index contributed by atoms with van der Waals surface area (Å²) in [5.41, 5.74) is -0.127. The van der Waals surface area contributed by atoms with Gasteiger partial charge in [0.25, 0.3) is 0 Å². The van der Waals surface area contributed by atoms with Crippen molar-refractivity contribution in [3.63, 3.8) is 0 Å². The number of carbonyl (C=O) groups excluding carboxylic acids is 3. The Kier molecular flexibility index (Phi) is 15.4. The van der Waals surface area contributed by atoms with Crippen LogP contribution in [0.1, 0.15) is 77.6 Å². The van der Waals surface area contributed by atoms with Crippen LogP contribution in [0.25, 0.3) is 0 Å². The number of hydrogen-bond donors (Lipinski definition) is 2. The first-order valence-electron chi connectivity index (χ1n) is 9.80. The first kappa shape index (κ1) is 25.3. The van der Waals surface area contributed by atoms with E-state index in [-0.39, 0.29) is 12.2 Å². The molecular weight excluding hydrogens is 352 g/mol. The Bertz CT molecular complexity index is 459. The molecule has 27 heavy (non-hydrogen) atoms. The molecule has 1 atom stereocenters. The second kappa shape index (κ2) is 16.4. The van der Waals surface area contributed by atoms with Gasteiger partial charge in [0.1, 0.15) is 0 Å². The predicted molar refractivity (Wildman–Crippen MR) is 101 cm³/mol. The van der Waals surface area contributed by atoms with Crippen LogP contribution in [-0.4, -0.2) is 47.4 Å². The zero-order valence-electron chi connectivity index (χ0n) is 16.4. The van der Waals surface area contributed by atoms with Crippen molar-refractivity contribution in [3.05, 3.63) is 12.2 Å². The number of esters is 3. The van der Waals surface area contributed by atoms with Gasteiger partial charge in [-0.3, -0.25) is 4.79 Å². The Morgan fingerprint density at radius 2 is 1.44 bits per heavy atom. The highest BCUT2D eigenvalue weighted by Crippen LogP contribution is 2.11. The number of aliphatic hydroxyl groups excluding tert-OH is 2. The van der Waals surface area contributed by atoms with Gasteiger partial charge in [-0.05, 0) is 6.42 Å². The quantitative estimate of drug-likeness (QED) is 0.182. The topological polar surface area (TPSA) is 110 Å². The van der Waals surface area contributed by atoms with Crippen LogP contribution in [0.3, 0.4) is 0 Å². The maximum atomic E-state index is 11.7. The van der Waals surface area contributed by atoms with Crippen LogP contribution in [0, 0.1) is 0 Å². The summed E-state index contributed by atoms with van der Waals surface area (Å²) in [6.07, 6.45) is 9.44. The third kappa shape index (κ3) is 14.0. The average molecular weight is 386 g/mol. The molecule has 0 spiro atoms. The lowest BCUT2D eigenvalue weighted by Gasteiger charge is -2.08. The molecule has 0 aromatic rings. The van der Waals surface area contributed by atoms with Crippen molar-refractivity contribution >= 4 is 17.9 Å². The summed E-state index contributed by atoms with van der Waals surface area (Å²) in [6, 6.07) is 0. The normalized spacial score (nSPS) is 11.7. The molecule has 0 rings (SSSR count). The number of unbranched alkanes of at least 4 members (excludes halogenated alkanes) is 9. The number of aliphatic hydroxyl groups is 2. The lowest BCUT2D eigenvalue weighted by atomic mass is 10.1. The van der Waals surface area contributed by atoms with Crippen LogP contribution < -0.4 is 0 Å². The largest absolute Gasteiger partial charge is 0.462 e. The minimum atomic E-state index is -1.79. The van der Waals surface area contributed by atoms with E-state index >= 15 is 0 Å². The number of ether oxygens (including phenoxy) is 2. The van der Waals surface area contributed by atoms with E-state index in [1.807, 2.05) is 0 Å². The van der Waals surface area contributed by atoms with Crippen molar-refractivity contribution < 1.29 is 34.1 Å². The first-order valence-corrected chi connectivity index (χ1v) is 9.80. The maximum Gasteiger partial charge on any atom is 0.345 e. The van der Waals surface area contributed by atoms with Crippen LogP contribution in [0.4, 0.5) is 0 Å². The Morgan fingerprint density at radius 3 is 1.96 bits per heavy atom. The van der Waals surface area contributed by atoms with Gasteiger partial charge in [-0.2, -0.15) is 0 Å². The van der Waals surface area contributed by atoms with Crippen LogP contribution in [0.5, 0.6) is 0 Å². The summed E-state index contributed by atoms with van der Waals surface area (Å²) < 4.78 is 9.31. The van der Waals surface area contributed by atoms with Crippen LogP contribution in [-0.2, 0) is 23.9 Å². The van der Waals surface area contributed by atoms with Crippen molar-refractivity contribution in [3.8, 4) is 0 Å². The molecule has 0 saturated heterocycles. The molecule has 0 heterocycles. The summed E-state index contributed by atoms with van der Waals surface area (Å²) in [6.45, 7) is 5.05. The fourth-order valence-electron chi connectivity index (χ4n) is 2.39. The molecule has 0 aliphatic rings. The molecule has 0 aromatic heterocycles. The maximum absolute atomic E-state index is 11.7. The number of carbonyl (C=O) groups is 3. The molecule has 0 fully saturated rings. The van der Waals surface area contributed by atoms with Crippen molar-refractivity contribution in [2.24, 2.45) is 0 Å².